The van der Waals surface area contributed by atoms with Crippen molar-refractivity contribution in [3.05, 3.63) is 117 Å². The van der Waals surface area contributed by atoms with Crippen molar-refractivity contribution in [2.45, 2.75) is 19.3 Å². The zero-order chi connectivity index (χ0) is 26.7. The maximum Gasteiger partial charge on any atom is 0.337 e. The molecule has 0 spiro atoms. The molecule has 0 aliphatic heterocycles. The van der Waals surface area contributed by atoms with E-state index in [2.05, 4.69) is 13.8 Å². The Morgan fingerprint density at radius 1 is 0.595 bits per heavy atom. The molecule has 0 unspecified atom stereocenters. The fourth-order valence-electron chi connectivity index (χ4n) is 3.78. The van der Waals surface area contributed by atoms with E-state index in [1.165, 1.54) is 24.3 Å². The largest absolute Gasteiger partial charge is 0.478 e. The molecule has 8 heteroatoms. The second-order valence-corrected chi connectivity index (χ2v) is 9.59. The maximum absolute atomic E-state index is 11.1. The van der Waals surface area contributed by atoms with E-state index >= 15 is 0 Å². The average Bonchev–Trinajstić information content (AvgIpc) is 2.84. The quantitative estimate of drug-likeness (QED) is 0.235. The van der Waals surface area contributed by atoms with E-state index in [1.54, 1.807) is 12.1 Å². The predicted octanol–water partition coefficient (Wildman–Crippen LogP) is 8.30. The van der Waals surface area contributed by atoms with E-state index in [9.17, 15) is 9.59 Å². The number of ether oxygens (including phenoxy) is 2. The Morgan fingerprint density at radius 3 is 1.22 bits per heavy atom. The highest BCUT2D eigenvalue weighted by atomic mass is 35.5. The minimum Gasteiger partial charge on any atom is -0.478 e. The van der Waals surface area contributed by atoms with Crippen LogP contribution in [-0.2, 0) is 5.41 Å². The van der Waals surface area contributed by atoms with Crippen LogP contribution in [0.5, 0.6) is 23.0 Å². The molecule has 188 valence electrons. The number of carboxylic acids is 2. The summed E-state index contributed by atoms with van der Waals surface area (Å²) in [7, 11) is 0. The van der Waals surface area contributed by atoms with E-state index in [4.69, 9.17) is 42.9 Å². The number of carbonyl (C=O) groups is 2. The minimum absolute atomic E-state index is 0.0161. The molecule has 0 bridgehead atoms. The topological polar surface area (TPSA) is 93.1 Å². The van der Waals surface area contributed by atoms with Crippen LogP contribution in [0.15, 0.2) is 84.9 Å². The first-order valence-electron chi connectivity index (χ1n) is 11.2. The van der Waals surface area contributed by atoms with Crippen LogP contribution in [-0.4, -0.2) is 22.2 Å². The van der Waals surface area contributed by atoms with Gasteiger partial charge in [0.15, 0.2) is 0 Å². The van der Waals surface area contributed by atoms with Gasteiger partial charge in [0.25, 0.3) is 0 Å². The zero-order valence-corrected chi connectivity index (χ0v) is 21.4. The van der Waals surface area contributed by atoms with Gasteiger partial charge in [-0.15, -0.1) is 0 Å². The molecule has 4 aromatic carbocycles. The predicted molar refractivity (Wildman–Crippen MR) is 142 cm³/mol. The molecule has 0 aliphatic rings. The van der Waals surface area contributed by atoms with Crippen molar-refractivity contribution in [1.82, 2.24) is 0 Å². The highest BCUT2D eigenvalue weighted by Gasteiger charge is 2.23. The third-order valence-corrected chi connectivity index (χ3v) is 6.59. The first kappa shape index (κ1) is 26.1. The maximum atomic E-state index is 11.1. The molecule has 0 saturated carbocycles. The second kappa shape index (κ2) is 10.5. The number of halogens is 2. The van der Waals surface area contributed by atoms with Crippen molar-refractivity contribution in [1.29, 1.82) is 0 Å². The van der Waals surface area contributed by atoms with Gasteiger partial charge in [0.1, 0.15) is 23.0 Å². The number of aromatic carboxylic acids is 2. The SMILES string of the molecule is CC(C)(c1ccc(Oc2ccc(C(=O)O)c(Cl)c2)cc1)c1ccc(Oc2ccc(C(=O)O)c(Cl)c2)cc1. The van der Waals surface area contributed by atoms with E-state index in [0.29, 0.717) is 23.0 Å². The lowest BCUT2D eigenvalue weighted by atomic mass is 9.78. The first-order chi connectivity index (χ1) is 17.5. The Kier molecular flexibility index (Phi) is 7.43. The third kappa shape index (κ3) is 5.88. The van der Waals surface area contributed by atoms with Gasteiger partial charge in [0, 0.05) is 17.5 Å². The summed E-state index contributed by atoms with van der Waals surface area (Å²) in [4.78, 5) is 22.3. The number of hydrogen-bond donors (Lipinski definition) is 2. The summed E-state index contributed by atoms with van der Waals surface area (Å²) < 4.78 is 11.7. The van der Waals surface area contributed by atoms with Gasteiger partial charge in [-0.25, -0.2) is 9.59 Å². The van der Waals surface area contributed by atoms with Crippen LogP contribution >= 0.6 is 23.2 Å². The molecular weight excluding hydrogens is 515 g/mol. The molecule has 0 amide bonds. The Balaban J connectivity index is 1.46. The van der Waals surface area contributed by atoms with Crippen LogP contribution in [0.1, 0.15) is 45.7 Å². The summed E-state index contributed by atoms with van der Waals surface area (Å²) >= 11 is 12.1. The van der Waals surface area contributed by atoms with Gasteiger partial charge in [-0.2, -0.15) is 0 Å². The van der Waals surface area contributed by atoms with Gasteiger partial charge in [0.05, 0.1) is 21.2 Å². The van der Waals surface area contributed by atoms with Gasteiger partial charge >= 0.3 is 11.9 Å². The van der Waals surface area contributed by atoms with Crippen LogP contribution in [0.2, 0.25) is 10.0 Å². The fraction of sp³-hybridized carbons (Fsp3) is 0.103. The molecule has 2 N–H and O–H groups in total. The summed E-state index contributed by atoms with van der Waals surface area (Å²) in [6.45, 7) is 4.21. The lowest BCUT2D eigenvalue weighted by Gasteiger charge is -2.26. The number of rotatable bonds is 8. The fourth-order valence-corrected chi connectivity index (χ4v) is 4.29. The van der Waals surface area contributed by atoms with Crippen molar-refractivity contribution >= 4 is 35.1 Å². The van der Waals surface area contributed by atoms with E-state index in [-0.39, 0.29) is 26.6 Å². The number of hydrogen-bond acceptors (Lipinski definition) is 4. The summed E-state index contributed by atoms with van der Waals surface area (Å²) in [5, 5.41) is 18.4. The van der Waals surface area contributed by atoms with Crippen LogP contribution < -0.4 is 9.47 Å². The van der Waals surface area contributed by atoms with Gasteiger partial charge in [-0.05, 0) is 59.7 Å². The Morgan fingerprint density at radius 2 is 0.919 bits per heavy atom. The highest BCUT2D eigenvalue weighted by molar-refractivity contribution is 6.34. The molecule has 0 atom stereocenters. The second-order valence-electron chi connectivity index (χ2n) is 8.77. The van der Waals surface area contributed by atoms with Gasteiger partial charge < -0.3 is 19.7 Å². The Bertz CT molecular complexity index is 1350. The van der Waals surface area contributed by atoms with Crippen molar-refractivity contribution in [2.75, 3.05) is 0 Å². The van der Waals surface area contributed by atoms with Gasteiger partial charge in [-0.1, -0.05) is 61.3 Å². The molecule has 0 fully saturated rings. The molecule has 37 heavy (non-hydrogen) atoms. The van der Waals surface area contributed by atoms with Crippen molar-refractivity contribution in [3.63, 3.8) is 0 Å². The van der Waals surface area contributed by atoms with E-state index in [1.807, 2.05) is 48.5 Å². The lowest BCUT2D eigenvalue weighted by Crippen LogP contribution is -2.18. The summed E-state index contributed by atoms with van der Waals surface area (Å²) in [6, 6.07) is 24.1. The Labute approximate surface area is 223 Å². The van der Waals surface area contributed by atoms with Crippen LogP contribution in [0.3, 0.4) is 0 Å². The van der Waals surface area contributed by atoms with Crippen LogP contribution in [0.4, 0.5) is 0 Å². The van der Waals surface area contributed by atoms with Crippen LogP contribution in [0, 0.1) is 0 Å². The summed E-state index contributed by atoms with van der Waals surface area (Å²) in [5.41, 5.74) is 1.83. The average molecular weight is 537 g/mol. The van der Waals surface area contributed by atoms with Crippen LogP contribution in [0.25, 0.3) is 0 Å². The van der Waals surface area contributed by atoms with Crippen molar-refractivity contribution in [2.24, 2.45) is 0 Å². The molecule has 6 nitrogen and oxygen atoms in total. The molecule has 4 aromatic rings. The molecule has 0 radical (unpaired) electrons. The monoisotopic (exact) mass is 536 g/mol. The lowest BCUT2D eigenvalue weighted by molar-refractivity contribution is 0.0686. The molecule has 0 aliphatic carbocycles. The molecule has 0 heterocycles. The highest BCUT2D eigenvalue weighted by Crippen LogP contribution is 2.35. The summed E-state index contributed by atoms with van der Waals surface area (Å²) in [6.07, 6.45) is 0. The zero-order valence-electron chi connectivity index (χ0n) is 19.9. The van der Waals surface area contributed by atoms with Gasteiger partial charge in [0.2, 0.25) is 0 Å². The number of carboxylic acid groups (broad SMARTS) is 2. The van der Waals surface area contributed by atoms with Crippen molar-refractivity contribution < 1.29 is 29.3 Å². The number of benzene rings is 4. The van der Waals surface area contributed by atoms with E-state index < -0.39 is 11.9 Å². The standard InChI is InChI=1S/C29H22Cl2O6/c1-29(2,17-3-7-19(8-4-17)36-21-11-13-23(27(32)33)25(30)15-21)18-5-9-20(10-6-18)37-22-12-14-24(28(34)35)26(31)16-22/h3-16H,1-2H3,(H,32,33)(H,34,35). The van der Waals surface area contributed by atoms with Gasteiger partial charge in [-0.3, -0.25) is 0 Å². The smallest absolute Gasteiger partial charge is 0.337 e. The van der Waals surface area contributed by atoms with Crippen molar-refractivity contribution in [3.8, 4) is 23.0 Å². The molecule has 0 aromatic heterocycles. The minimum atomic E-state index is -1.10. The van der Waals surface area contributed by atoms with E-state index in [0.717, 1.165) is 11.1 Å². The summed E-state index contributed by atoms with van der Waals surface area (Å²) in [5.74, 6) is -0.124. The molecule has 4 rings (SSSR count). The third-order valence-electron chi connectivity index (χ3n) is 5.97. The molecule has 0 saturated heterocycles. The Hall–Kier alpha value is -4.00. The normalized spacial score (nSPS) is 11.1. The first-order valence-corrected chi connectivity index (χ1v) is 11.9. The molecular formula is C29H22Cl2O6.